The first-order chi connectivity index (χ1) is 2.56. The molecule has 0 bridgehead atoms. The smallest absolute Gasteiger partial charge is 0.385 e. The summed E-state index contributed by atoms with van der Waals surface area (Å²) in [6.07, 6.45) is 0. The van der Waals surface area contributed by atoms with Gasteiger partial charge in [0.1, 0.15) is 6.92 Å². The van der Waals surface area contributed by atoms with Crippen molar-refractivity contribution in [2.45, 2.75) is 5.92 Å². The summed E-state index contributed by atoms with van der Waals surface area (Å²) in [7, 11) is 0. The van der Waals surface area contributed by atoms with Crippen molar-refractivity contribution in [3.8, 4) is 0 Å². The summed E-state index contributed by atoms with van der Waals surface area (Å²) in [5.41, 5.74) is 0. The third kappa shape index (κ3) is 3.69. The highest BCUT2D eigenvalue weighted by molar-refractivity contribution is 4.64. The van der Waals surface area contributed by atoms with Gasteiger partial charge in [0.2, 0.25) is 0 Å². The molecule has 3 heteroatoms. The van der Waals surface area contributed by atoms with Crippen molar-refractivity contribution in [2.75, 3.05) is 6.61 Å². The zero-order chi connectivity index (χ0) is 5.21. The van der Waals surface area contributed by atoms with E-state index in [1.807, 2.05) is 0 Å². The molecule has 0 radical (unpaired) electrons. The van der Waals surface area contributed by atoms with E-state index in [0.717, 1.165) is 0 Å². The summed E-state index contributed by atoms with van der Waals surface area (Å²) < 4.78 is 22.2. The molecule has 0 atom stereocenters. The molecule has 0 saturated heterocycles. The van der Waals surface area contributed by atoms with E-state index in [-0.39, 0.29) is 0 Å². The van der Waals surface area contributed by atoms with Crippen LogP contribution in [0.2, 0.25) is 0 Å². The number of alkyl halides is 2. The van der Waals surface area contributed by atoms with Crippen LogP contribution in [0.25, 0.3) is 0 Å². The molecule has 0 aliphatic rings. The van der Waals surface area contributed by atoms with Crippen LogP contribution in [-0.4, -0.2) is 17.6 Å². The Hall–Kier alpha value is -0.310. The Balaban J connectivity index is 3.17. The average Bonchev–Trinajstić information content (AvgIpc) is 1.35. The van der Waals surface area contributed by atoms with E-state index in [9.17, 15) is 8.78 Å². The highest BCUT2D eigenvalue weighted by atomic mass is 19.3. The number of hydrogen-bond acceptors (Lipinski definition) is 1. The van der Waals surface area contributed by atoms with Crippen LogP contribution in [0.5, 0.6) is 0 Å². The highest BCUT2D eigenvalue weighted by Gasteiger charge is 2.27. The van der Waals surface area contributed by atoms with Gasteiger partial charge in [-0.25, -0.2) is 0 Å². The molecule has 0 aliphatic carbocycles. The van der Waals surface area contributed by atoms with Crippen molar-refractivity contribution in [3.63, 3.8) is 0 Å². The monoisotopic (exact) mass is 95.0 g/mol. The van der Waals surface area contributed by atoms with Crippen molar-refractivity contribution in [1.29, 1.82) is 0 Å². The maximum atomic E-state index is 11.1. The minimum Gasteiger partial charge on any atom is -0.385 e. The molecule has 0 aliphatic heterocycles. The normalized spacial score (nSPS) is 11.8. The Bertz CT molecular complexity index is 38.5. The van der Waals surface area contributed by atoms with Gasteiger partial charge in [-0.1, -0.05) is 0 Å². The van der Waals surface area contributed by atoms with Crippen LogP contribution in [0.15, 0.2) is 0 Å². The Morgan fingerprint density at radius 2 is 1.83 bits per heavy atom. The van der Waals surface area contributed by atoms with Gasteiger partial charge in [-0.05, 0) is 0 Å². The van der Waals surface area contributed by atoms with Crippen LogP contribution >= 0.6 is 0 Å². The first-order valence-corrected chi connectivity index (χ1v) is 1.40. The molecular formula is C3H5F2O+. The number of halogens is 2. The fourth-order valence-electron chi connectivity index (χ4n) is 0. The van der Waals surface area contributed by atoms with Gasteiger partial charge in [-0.3, -0.25) is 0 Å². The van der Waals surface area contributed by atoms with Gasteiger partial charge in [0.15, 0.2) is 6.61 Å². The maximum Gasteiger partial charge on any atom is 0.406 e. The van der Waals surface area contributed by atoms with E-state index in [1.54, 1.807) is 0 Å². The van der Waals surface area contributed by atoms with Crippen molar-refractivity contribution < 1.29 is 13.9 Å². The molecule has 0 aromatic carbocycles. The molecule has 6 heavy (non-hydrogen) atoms. The summed E-state index contributed by atoms with van der Waals surface area (Å²) in [5, 5.41) is 7.59. The Kier molecular flexibility index (Phi) is 1.35. The topological polar surface area (TPSA) is 20.2 Å². The second-order valence-electron chi connectivity index (χ2n) is 1.01. The molecule has 1 N–H and O–H groups in total. The number of rotatable bonds is 1. The lowest BCUT2D eigenvalue weighted by atomic mass is 10.4. The minimum atomic E-state index is -3.15. The molecule has 0 heterocycles. The van der Waals surface area contributed by atoms with E-state index in [2.05, 4.69) is 6.92 Å². The van der Waals surface area contributed by atoms with Gasteiger partial charge in [0.05, 0.1) is 0 Å². The lowest BCUT2D eigenvalue weighted by Crippen LogP contribution is -2.14. The fraction of sp³-hybridized carbons (Fsp3) is 0.667. The van der Waals surface area contributed by atoms with Crippen molar-refractivity contribution in [1.82, 2.24) is 0 Å². The molecular weight excluding hydrogens is 90.0 g/mol. The number of hydrogen-bond donors (Lipinski definition) is 1. The van der Waals surface area contributed by atoms with Gasteiger partial charge < -0.3 is 5.11 Å². The van der Waals surface area contributed by atoms with Crippen molar-refractivity contribution >= 4 is 0 Å². The van der Waals surface area contributed by atoms with E-state index in [1.165, 1.54) is 0 Å². The lowest BCUT2D eigenvalue weighted by Gasteiger charge is -1.92. The number of aliphatic hydroxyl groups excluding tert-OH is 1. The number of aliphatic hydroxyl groups is 1. The second-order valence-corrected chi connectivity index (χ2v) is 1.01. The first kappa shape index (κ1) is 5.69. The van der Waals surface area contributed by atoms with E-state index in [4.69, 9.17) is 5.11 Å². The highest BCUT2D eigenvalue weighted by Crippen LogP contribution is 2.06. The molecule has 1 nitrogen and oxygen atoms in total. The van der Waals surface area contributed by atoms with Crippen LogP contribution in [-0.2, 0) is 0 Å². The largest absolute Gasteiger partial charge is 0.406 e. The molecule has 0 saturated carbocycles. The maximum absolute atomic E-state index is 11.1. The standard InChI is InChI=1S/C3H5F2O/c1-3(4,5)2-6/h6H,1-2H2/q+1. The Labute approximate surface area is 34.6 Å². The van der Waals surface area contributed by atoms with Gasteiger partial charge in [0, 0.05) is 0 Å². The van der Waals surface area contributed by atoms with Crippen molar-refractivity contribution in [3.05, 3.63) is 6.92 Å². The van der Waals surface area contributed by atoms with E-state index in [0.29, 0.717) is 0 Å². The quantitative estimate of drug-likeness (QED) is 0.469. The van der Waals surface area contributed by atoms with Crippen molar-refractivity contribution in [2.24, 2.45) is 0 Å². The third-order valence-electron chi connectivity index (χ3n) is 0.231. The van der Waals surface area contributed by atoms with Gasteiger partial charge in [-0.15, -0.1) is 0 Å². The summed E-state index contributed by atoms with van der Waals surface area (Å²) in [5.74, 6) is -3.15. The predicted molar refractivity (Wildman–Crippen MR) is 17.4 cm³/mol. The minimum absolute atomic E-state index is 1.17. The zero-order valence-electron chi connectivity index (χ0n) is 3.12. The summed E-state index contributed by atoms with van der Waals surface area (Å²) >= 11 is 0. The van der Waals surface area contributed by atoms with Crippen LogP contribution in [0.3, 0.4) is 0 Å². The first-order valence-electron chi connectivity index (χ1n) is 1.40. The van der Waals surface area contributed by atoms with Crippen LogP contribution in [0.4, 0.5) is 8.78 Å². The van der Waals surface area contributed by atoms with Crippen LogP contribution in [0, 0.1) is 6.92 Å². The van der Waals surface area contributed by atoms with Gasteiger partial charge in [0.25, 0.3) is 0 Å². The molecule has 0 fully saturated rings. The molecule has 0 amide bonds. The summed E-state index contributed by atoms with van der Waals surface area (Å²) in [6.45, 7) is 1.13. The predicted octanol–water partition coefficient (Wildman–Crippen LogP) is 0.448. The second kappa shape index (κ2) is 1.43. The Morgan fingerprint density at radius 1 is 1.67 bits per heavy atom. The molecule has 36 valence electrons. The molecule has 0 rings (SSSR count). The molecule has 0 aromatic heterocycles. The zero-order valence-corrected chi connectivity index (χ0v) is 3.12. The van der Waals surface area contributed by atoms with E-state index < -0.39 is 12.5 Å². The SMILES string of the molecule is [CH2+]C(F)(F)CO. The lowest BCUT2D eigenvalue weighted by molar-refractivity contribution is -0.00760. The van der Waals surface area contributed by atoms with Gasteiger partial charge in [-0.2, -0.15) is 8.78 Å². The van der Waals surface area contributed by atoms with Gasteiger partial charge >= 0.3 is 5.92 Å². The molecule has 0 unspecified atom stereocenters. The third-order valence-corrected chi connectivity index (χ3v) is 0.231. The Morgan fingerprint density at radius 3 is 1.83 bits per heavy atom. The van der Waals surface area contributed by atoms with Crippen LogP contribution < -0.4 is 0 Å². The molecule has 0 aromatic rings. The summed E-state index contributed by atoms with van der Waals surface area (Å²) in [6, 6.07) is 0. The average molecular weight is 95.1 g/mol. The van der Waals surface area contributed by atoms with Crippen LogP contribution in [0.1, 0.15) is 0 Å². The fourth-order valence-corrected chi connectivity index (χ4v) is 0. The molecule has 0 spiro atoms. The summed E-state index contributed by atoms with van der Waals surface area (Å²) in [4.78, 5) is 0. The van der Waals surface area contributed by atoms with E-state index >= 15 is 0 Å².